The van der Waals surface area contributed by atoms with Crippen LogP contribution in [0.3, 0.4) is 0 Å². The Hall–Kier alpha value is -0.830. The van der Waals surface area contributed by atoms with Gasteiger partial charge in [-0.2, -0.15) is 0 Å². The Balaban J connectivity index is 2.10. The Morgan fingerprint density at radius 2 is 2.41 bits per heavy atom. The van der Waals surface area contributed by atoms with Gasteiger partial charge >= 0.3 is 0 Å². The van der Waals surface area contributed by atoms with Crippen LogP contribution in [0, 0.1) is 5.41 Å². The first-order valence-electron chi connectivity index (χ1n) is 6.85. The highest BCUT2D eigenvalue weighted by Crippen LogP contribution is 2.29. The van der Waals surface area contributed by atoms with E-state index in [0.717, 1.165) is 13.1 Å². The van der Waals surface area contributed by atoms with Crippen LogP contribution in [0.1, 0.15) is 51.6 Å². The number of hydrogen-bond acceptors (Lipinski definition) is 2. The monoisotopic (exact) mass is 235 g/mol. The van der Waals surface area contributed by atoms with Crippen molar-refractivity contribution in [2.24, 2.45) is 5.41 Å². The van der Waals surface area contributed by atoms with E-state index in [0.29, 0.717) is 11.3 Å². The maximum Gasteiger partial charge on any atom is 0.0948 e. The van der Waals surface area contributed by atoms with E-state index in [2.05, 4.69) is 35.6 Å². The average Bonchev–Trinajstić information content (AvgIpc) is 2.76. The van der Waals surface area contributed by atoms with Gasteiger partial charge in [0.15, 0.2) is 0 Å². The molecule has 1 aromatic rings. The molecule has 1 aromatic heterocycles. The molecule has 1 fully saturated rings. The molecule has 0 aliphatic carbocycles. The van der Waals surface area contributed by atoms with Crippen LogP contribution >= 0.6 is 0 Å². The molecule has 0 aromatic carbocycles. The summed E-state index contributed by atoms with van der Waals surface area (Å²) >= 11 is 0. The van der Waals surface area contributed by atoms with Crippen molar-refractivity contribution in [1.82, 2.24) is 14.9 Å². The molecule has 2 heterocycles. The second-order valence-electron chi connectivity index (χ2n) is 5.85. The van der Waals surface area contributed by atoms with Crippen molar-refractivity contribution in [2.75, 3.05) is 13.1 Å². The first-order valence-corrected chi connectivity index (χ1v) is 6.85. The third kappa shape index (κ3) is 2.89. The quantitative estimate of drug-likeness (QED) is 0.869. The van der Waals surface area contributed by atoms with Crippen LogP contribution in [0.25, 0.3) is 0 Å². The minimum atomic E-state index is 0.390. The zero-order chi connectivity index (χ0) is 12.3. The predicted octanol–water partition coefficient (Wildman–Crippen LogP) is 2.79. The smallest absolute Gasteiger partial charge is 0.0948 e. The van der Waals surface area contributed by atoms with Crippen LogP contribution in [-0.2, 0) is 6.54 Å². The molecule has 2 unspecified atom stereocenters. The third-order valence-electron chi connectivity index (χ3n) is 4.10. The standard InChI is InChI=1S/C14H25N3/c1-4-12(2)13-8-16-11-17(13)10-14(3)6-5-7-15-9-14/h8,11-12,15H,4-7,9-10H2,1-3H3. The zero-order valence-electron chi connectivity index (χ0n) is 11.4. The molecule has 0 saturated carbocycles. The second-order valence-corrected chi connectivity index (χ2v) is 5.85. The molecule has 96 valence electrons. The maximum atomic E-state index is 4.33. The van der Waals surface area contributed by atoms with Gasteiger partial charge in [0.2, 0.25) is 0 Å². The maximum absolute atomic E-state index is 4.33. The van der Waals surface area contributed by atoms with Gasteiger partial charge in [0.1, 0.15) is 0 Å². The SMILES string of the molecule is CCC(C)c1cncn1CC1(C)CCCNC1. The molecule has 3 heteroatoms. The van der Waals surface area contributed by atoms with E-state index in [4.69, 9.17) is 0 Å². The molecule has 2 rings (SSSR count). The molecule has 1 saturated heterocycles. The summed E-state index contributed by atoms with van der Waals surface area (Å²) in [6.45, 7) is 10.3. The Kier molecular flexibility index (Phi) is 3.87. The van der Waals surface area contributed by atoms with Gasteiger partial charge in [0.05, 0.1) is 6.33 Å². The molecule has 0 radical (unpaired) electrons. The van der Waals surface area contributed by atoms with Gasteiger partial charge in [-0.25, -0.2) is 4.98 Å². The highest BCUT2D eigenvalue weighted by Gasteiger charge is 2.28. The topological polar surface area (TPSA) is 29.9 Å². The van der Waals surface area contributed by atoms with Crippen molar-refractivity contribution in [2.45, 2.75) is 52.5 Å². The van der Waals surface area contributed by atoms with E-state index >= 15 is 0 Å². The van der Waals surface area contributed by atoms with Gasteiger partial charge in [-0.1, -0.05) is 20.8 Å². The molecule has 2 atom stereocenters. The molecule has 0 bridgehead atoms. The minimum Gasteiger partial charge on any atom is -0.334 e. The molecule has 1 N–H and O–H groups in total. The summed E-state index contributed by atoms with van der Waals surface area (Å²) in [7, 11) is 0. The number of nitrogens with one attached hydrogen (secondary N) is 1. The van der Waals surface area contributed by atoms with Gasteiger partial charge in [-0.05, 0) is 37.1 Å². The summed E-state index contributed by atoms with van der Waals surface area (Å²) in [5.74, 6) is 0.609. The third-order valence-corrected chi connectivity index (χ3v) is 4.10. The molecule has 17 heavy (non-hydrogen) atoms. The van der Waals surface area contributed by atoms with Gasteiger partial charge in [-0.15, -0.1) is 0 Å². The molecule has 0 spiro atoms. The number of imidazole rings is 1. The summed E-state index contributed by atoms with van der Waals surface area (Å²) in [5.41, 5.74) is 1.78. The predicted molar refractivity (Wildman–Crippen MR) is 71.1 cm³/mol. The van der Waals surface area contributed by atoms with Gasteiger partial charge in [-0.3, -0.25) is 0 Å². The zero-order valence-corrected chi connectivity index (χ0v) is 11.4. The molecule has 0 amide bonds. The molecule has 1 aliphatic rings. The van der Waals surface area contributed by atoms with E-state index in [1.165, 1.54) is 31.5 Å². The van der Waals surface area contributed by atoms with Crippen LogP contribution in [0.4, 0.5) is 0 Å². The summed E-state index contributed by atoms with van der Waals surface area (Å²) in [6.07, 6.45) is 7.83. The fourth-order valence-electron chi connectivity index (χ4n) is 2.75. The van der Waals surface area contributed by atoms with Gasteiger partial charge < -0.3 is 9.88 Å². The van der Waals surface area contributed by atoms with Crippen molar-refractivity contribution < 1.29 is 0 Å². The highest BCUT2D eigenvalue weighted by molar-refractivity contribution is 5.05. The molecule has 1 aliphatic heterocycles. The minimum absolute atomic E-state index is 0.390. The van der Waals surface area contributed by atoms with Crippen molar-refractivity contribution >= 4 is 0 Å². The number of hydrogen-bond donors (Lipinski definition) is 1. The molecular formula is C14H25N3. The van der Waals surface area contributed by atoms with E-state index < -0.39 is 0 Å². The number of piperidine rings is 1. The second kappa shape index (κ2) is 5.21. The molecule has 3 nitrogen and oxygen atoms in total. The van der Waals surface area contributed by atoms with Crippen molar-refractivity contribution in [3.63, 3.8) is 0 Å². The normalized spacial score (nSPS) is 27.0. The fraction of sp³-hybridized carbons (Fsp3) is 0.786. The fourth-order valence-corrected chi connectivity index (χ4v) is 2.75. The summed E-state index contributed by atoms with van der Waals surface area (Å²) < 4.78 is 2.36. The Morgan fingerprint density at radius 1 is 1.59 bits per heavy atom. The van der Waals surface area contributed by atoms with Gasteiger partial charge in [0, 0.05) is 25.0 Å². The lowest BCUT2D eigenvalue weighted by Gasteiger charge is -2.35. The summed E-state index contributed by atoms with van der Waals surface area (Å²) in [4.78, 5) is 4.33. The summed E-state index contributed by atoms with van der Waals surface area (Å²) in [6, 6.07) is 0. The lowest BCUT2D eigenvalue weighted by Crippen LogP contribution is -2.40. The van der Waals surface area contributed by atoms with Gasteiger partial charge in [0.25, 0.3) is 0 Å². The Morgan fingerprint density at radius 3 is 3.06 bits per heavy atom. The van der Waals surface area contributed by atoms with Crippen LogP contribution in [0.2, 0.25) is 0 Å². The van der Waals surface area contributed by atoms with Crippen molar-refractivity contribution in [3.05, 3.63) is 18.2 Å². The van der Waals surface area contributed by atoms with Crippen molar-refractivity contribution in [1.29, 1.82) is 0 Å². The van der Waals surface area contributed by atoms with E-state index in [1.54, 1.807) is 0 Å². The van der Waals surface area contributed by atoms with Crippen molar-refractivity contribution in [3.8, 4) is 0 Å². The number of rotatable bonds is 4. The van der Waals surface area contributed by atoms with E-state index in [1.807, 2.05) is 12.5 Å². The Bertz CT molecular complexity index is 350. The summed E-state index contributed by atoms with van der Waals surface area (Å²) in [5, 5.41) is 3.52. The lowest BCUT2D eigenvalue weighted by molar-refractivity contribution is 0.199. The number of aromatic nitrogens is 2. The van der Waals surface area contributed by atoms with Crippen LogP contribution in [-0.4, -0.2) is 22.6 Å². The van der Waals surface area contributed by atoms with Crippen LogP contribution in [0.5, 0.6) is 0 Å². The van der Waals surface area contributed by atoms with Crippen LogP contribution in [0.15, 0.2) is 12.5 Å². The largest absolute Gasteiger partial charge is 0.334 e. The van der Waals surface area contributed by atoms with E-state index in [9.17, 15) is 0 Å². The highest BCUT2D eigenvalue weighted by atomic mass is 15.1. The van der Waals surface area contributed by atoms with E-state index in [-0.39, 0.29) is 0 Å². The van der Waals surface area contributed by atoms with Crippen LogP contribution < -0.4 is 5.32 Å². The Labute approximate surface area is 105 Å². The lowest BCUT2D eigenvalue weighted by atomic mass is 9.82. The first-order chi connectivity index (χ1) is 8.14. The average molecular weight is 235 g/mol. The molecular weight excluding hydrogens is 210 g/mol. The number of nitrogens with zero attached hydrogens (tertiary/aromatic N) is 2. The first kappa shape index (κ1) is 12.6.